The molecular weight excluding hydrogens is 392 g/mol. The molecule has 1 saturated heterocycles. The number of anilines is 2. The van der Waals surface area contributed by atoms with Crippen molar-refractivity contribution in [1.29, 1.82) is 0 Å². The minimum absolute atomic E-state index is 0.0524. The van der Waals surface area contributed by atoms with Crippen molar-refractivity contribution < 1.29 is 4.79 Å². The van der Waals surface area contributed by atoms with Crippen molar-refractivity contribution in [2.24, 2.45) is 11.8 Å². The van der Waals surface area contributed by atoms with E-state index in [4.69, 9.17) is 0 Å². The Labute approximate surface area is 184 Å². The molecule has 2 heterocycles. The van der Waals surface area contributed by atoms with Crippen LogP contribution in [0, 0.1) is 11.8 Å². The van der Waals surface area contributed by atoms with Gasteiger partial charge in [0.05, 0.1) is 0 Å². The number of nitrogens with one attached hydrogen (secondary N) is 1. The molecule has 0 unspecified atom stereocenters. The molecule has 30 heavy (non-hydrogen) atoms. The summed E-state index contributed by atoms with van der Waals surface area (Å²) in [7, 11) is 1.98. The summed E-state index contributed by atoms with van der Waals surface area (Å²) >= 11 is 1.51. The van der Waals surface area contributed by atoms with Crippen LogP contribution in [-0.2, 0) is 0 Å². The molecule has 1 atom stereocenters. The fourth-order valence-electron chi connectivity index (χ4n) is 4.83. The van der Waals surface area contributed by atoms with Crippen molar-refractivity contribution in [1.82, 2.24) is 15.2 Å². The van der Waals surface area contributed by atoms with E-state index in [1.807, 2.05) is 47.7 Å². The Morgan fingerprint density at radius 3 is 2.70 bits per heavy atom. The van der Waals surface area contributed by atoms with Crippen molar-refractivity contribution in [3.8, 4) is 0 Å². The maximum absolute atomic E-state index is 12.7. The number of aromatic nitrogens is 1. The summed E-state index contributed by atoms with van der Waals surface area (Å²) < 4.78 is 0. The molecule has 0 radical (unpaired) electrons. The minimum atomic E-state index is -0.0524. The number of nitrogens with zero attached hydrogens (tertiary/aromatic N) is 3. The van der Waals surface area contributed by atoms with Crippen molar-refractivity contribution in [2.45, 2.75) is 44.9 Å². The lowest BCUT2D eigenvalue weighted by atomic mass is 9.88. The third-order valence-electron chi connectivity index (χ3n) is 6.55. The highest BCUT2D eigenvalue weighted by molar-refractivity contribution is 7.14. The summed E-state index contributed by atoms with van der Waals surface area (Å²) in [5.41, 5.74) is 1.59. The topological polar surface area (TPSA) is 48.5 Å². The number of para-hydroxylation sites is 1. The molecule has 1 amide bonds. The van der Waals surface area contributed by atoms with Crippen LogP contribution in [0.5, 0.6) is 0 Å². The van der Waals surface area contributed by atoms with Gasteiger partial charge in [-0.2, -0.15) is 0 Å². The third kappa shape index (κ3) is 5.61. The molecule has 5 nitrogen and oxygen atoms in total. The van der Waals surface area contributed by atoms with Crippen LogP contribution in [0.4, 0.5) is 10.8 Å². The number of likely N-dealkylation sites (tertiary alicyclic amines) is 1. The Morgan fingerprint density at radius 2 is 1.90 bits per heavy atom. The zero-order valence-corrected chi connectivity index (χ0v) is 18.9. The number of thiazole rings is 1. The second-order valence-corrected chi connectivity index (χ2v) is 9.73. The Hall–Kier alpha value is -1.92. The van der Waals surface area contributed by atoms with Crippen LogP contribution in [0.2, 0.25) is 0 Å². The predicted octanol–water partition coefficient (Wildman–Crippen LogP) is 4.93. The van der Waals surface area contributed by atoms with Crippen LogP contribution in [0.25, 0.3) is 0 Å². The van der Waals surface area contributed by atoms with E-state index in [0.29, 0.717) is 11.6 Å². The van der Waals surface area contributed by atoms with Crippen LogP contribution >= 0.6 is 11.3 Å². The van der Waals surface area contributed by atoms with Gasteiger partial charge in [-0.1, -0.05) is 37.5 Å². The van der Waals surface area contributed by atoms with Gasteiger partial charge in [-0.15, -0.1) is 11.3 Å². The molecule has 2 aromatic rings. The van der Waals surface area contributed by atoms with Crippen LogP contribution in [0.3, 0.4) is 0 Å². The average molecular weight is 427 g/mol. The lowest BCUT2D eigenvalue weighted by molar-refractivity contribution is 0.0919. The van der Waals surface area contributed by atoms with Gasteiger partial charge in [0.25, 0.3) is 5.91 Å². The van der Waals surface area contributed by atoms with Gasteiger partial charge in [-0.25, -0.2) is 4.98 Å². The summed E-state index contributed by atoms with van der Waals surface area (Å²) in [4.78, 5) is 21.9. The molecule has 1 saturated carbocycles. The first kappa shape index (κ1) is 21.3. The van der Waals surface area contributed by atoms with Crippen molar-refractivity contribution in [2.75, 3.05) is 38.1 Å². The van der Waals surface area contributed by atoms with Crippen LogP contribution < -0.4 is 10.2 Å². The van der Waals surface area contributed by atoms with E-state index >= 15 is 0 Å². The van der Waals surface area contributed by atoms with Crippen LogP contribution in [0.1, 0.15) is 55.4 Å². The van der Waals surface area contributed by atoms with E-state index in [0.717, 1.165) is 29.8 Å². The molecule has 1 aromatic heterocycles. The van der Waals surface area contributed by atoms with Crippen molar-refractivity contribution in [3.05, 3.63) is 41.4 Å². The molecule has 1 aliphatic carbocycles. The van der Waals surface area contributed by atoms with Crippen molar-refractivity contribution >= 4 is 28.1 Å². The van der Waals surface area contributed by atoms with Gasteiger partial charge in [0.1, 0.15) is 5.69 Å². The summed E-state index contributed by atoms with van der Waals surface area (Å²) in [5.74, 6) is 1.39. The van der Waals surface area contributed by atoms with Crippen molar-refractivity contribution in [3.63, 3.8) is 0 Å². The number of rotatable bonds is 7. The summed E-state index contributed by atoms with van der Waals surface area (Å²) in [6, 6.07) is 10.1. The number of benzene rings is 1. The van der Waals surface area contributed by atoms with E-state index in [1.165, 1.54) is 69.4 Å². The van der Waals surface area contributed by atoms with E-state index < -0.39 is 0 Å². The molecule has 0 spiro atoms. The minimum Gasteiger partial charge on any atom is -0.350 e. The molecule has 1 aromatic carbocycles. The highest BCUT2D eigenvalue weighted by atomic mass is 32.1. The van der Waals surface area contributed by atoms with Gasteiger partial charge in [0, 0.05) is 37.7 Å². The first-order valence-electron chi connectivity index (χ1n) is 11.4. The zero-order chi connectivity index (χ0) is 20.8. The first-order chi connectivity index (χ1) is 14.7. The highest BCUT2D eigenvalue weighted by Gasteiger charge is 2.24. The molecule has 1 aliphatic heterocycles. The van der Waals surface area contributed by atoms with E-state index in [2.05, 4.69) is 15.2 Å². The maximum atomic E-state index is 12.7. The average Bonchev–Trinajstić information content (AvgIpc) is 3.29. The SMILES string of the molecule is CN(c1ccccc1)c1nc(C(=O)NC[C@@H]2CCCN(CC3CCCCC3)C2)cs1. The molecule has 2 aliphatic rings. The predicted molar refractivity (Wildman–Crippen MR) is 125 cm³/mol. The smallest absolute Gasteiger partial charge is 0.270 e. The van der Waals surface area contributed by atoms with E-state index in [9.17, 15) is 4.79 Å². The van der Waals surface area contributed by atoms with E-state index in [1.54, 1.807) is 0 Å². The van der Waals surface area contributed by atoms with Gasteiger partial charge >= 0.3 is 0 Å². The van der Waals surface area contributed by atoms with Gasteiger partial charge in [0.15, 0.2) is 5.13 Å². The van der Waals surface area contributed by atoms with Gasteiger partial charge < -0.3 is 15.1 Å². The molecule has 4 rings (SSSR count). The number of carbonyl (C=O) groups is 1. The second-order valence-electron chi connectivity index (χ2n) is 8.89. The monoisotopic (exact) mass is 426 g/mol. The second kappa shape index (κ2) is 10.4. The Kier molecular flexibility index (Phi) is 7.39. The van der Waals surface area contributed by atoms with E-state index in [-0.39, 0.29) is 5.91 Å². The molecule has 6 heteroatoms. The largest absolute Gasteiger partial charge is 0.350 e. The number of carbonyl (C=O) groups excluding carboxylic acids is 1. The highest BCUT2D eigenvalue weighted by Crippen LogP contribution is 2.28. The standard InChI is InChI=1S/C24H34N4OS/c1-27(21-12-6-3-7-13-21)24-26-22(18-30-24)23(29)25-15-20-11-8-14-28(17-20)16-19-9-4-2-5-10-19/h3,6-7,12-13,18-20H,2,4-5,8-11,14-17H2,1H3,(H,25,29)/t20-/m0/s1. The van der Waals surface area contributed by atoms with Gasteiger partial charge in [-0.3, -0.25) is 4.79 Å². The Morgan fingerprint density at radius 1 is 1.13 bits per heavy atom. The fraction of sp³-hybridized carbons (Fsp3) is 0.583. The maximum Gasteiger partial charge on any atom is 0.270 e. The lowest BCUT2D eigenvalue weighted by Gasteiger charge is -2.36. The summed E-state index contributed by atoms with van der Waals surface area (Å²) in [6.45, 7) is 4.35. The number of amides is 1. The Bertz CT molecular complexity index is 803. The number of piperidine rings is 1. The van der Waals surface area contributed by atoms with Gasteiger partial charge in [0.2, 0.25) is 0 Å². The molecular formula is C24H34N4OS. The molecule has 2 fully saturated rings. The van der Waals surface area contributed by atoms with Crippen LogP contribution in [0.15, 0.2) is 35.7 Å². The van der Waals surface area contributed by atoms with Gasteiger partial charge in [-0.05, 0) is 56.2 Å². The zero-order valence-electron chi connectivity index (χ0n) is 18.1. The lowest BCUT2D eigenvalue weighted by Crippen LogP contribution is -2.43. The quantitative estimate of drug-likeness (QED) is 0.682. The number of hydrogen-bond acceptors (Lipinski definition) is 5. The first-order valence-corrected chi connectivity index (χ1v) is 12.3. The normalized spacial score (nSPS) is 20.8. The molecule has 1 N–H and O–H groups in total. The number of hydrogen-bond donors (Lipinski definition) is 1. The Balaban J connectivity index is 1.25. The van der Waals surface area contributed by atoms with Crippen LogP contribution in [-0.4, -0.2) is 49.0 Å². The summed E-state index contributed by atoms with van der Waals surface area (Å²) in [6.07, 6.45) is 9.50. The molecule has 0 bridgehead atoms. The third-order valence-corrected chi connectivity index (χ3v) is 7.47. The fourth-order valence-corrected chi connectivity index (χ4v) is 5.62. The molecule has 162 valence electrons. The summed E-state index contributed by atoms with van der Waals surface area (Å²) in [5, 5.41) is 5.84.